The van der Waals surface area contributed by atoms with Crippen LogP contribution in [0.1, 0.15) is 5.56 Å². The highest BCUT2D eigenvalue weighted by Crippen LogP contribution is 2.04. The van der Waals surface area contributed by atoms with Gasteiger partial charge in [0.25, 0.3) is 0 Å². The minimum absolute atomic E-state index is 0.0540. The number of nitrogens with two attached hydrogens (primary N) is 1. The van der Waals surface area contributed by atoms with Crippen LogP contribution in [-0.4, -0.2) is 26.5 Å². The first-order valence-electron chi connectivity index (χ1n) is 4.69. The number of sulfone groups is 1. The fourth-order valence-electron chi connectivity index (χ4n) is 1.43. The molecule has 0 radical (unpaired) electrons. The third kappa shape index (κ3) is 4.92. The van der Waals surface area contributed by atoms with Crippen molar-refractivity contribution in [3.8, 4) is 0 Å². The average molecular weight is 228 g/mol. The lowest BCUT2D eigenvalue weighted by Gasteiger charge is -2.14. The molecule has 0 saturated carbocycles. The Kier molecular flexibility index (Phi) is 4.26. The summed E-state index contributed by atoms with van der Waals surface area (Å²) in [6, 6.07) is 9.43. The monoisotopic (exact) mass is 228 g/mol. The summed E-state index contributed by atoms with van der Waals surface area (Å²) in [5.74, 6) is 5.37. The van der Waals surface area contributed by atoms with E-state index in [0.717, 1.165) is 5.56 Å². The highest BCUT2D eigenvalue weighted by Gasteiger charge is 2.14. The SMILES string of the molecule is CS(=O)(=O)CC(Cc1ccccc1)NN. The number of benzene rings is 1. The Labute approximate surface area is 90.4 Å². The normalized spacial score (nSPS) is 13.7. The minimum Gasteiger partial charge on any atom is -0.271 e. The second kappa shape index (κ2) is 5.25. The van der Waals surface area contributed by atoms with E-state index in [1.54, 1.807) is 0 Å². The van der Waals surface area contributed by atoms with Gasteiger partial charge in [0.15, 0.2) is 0 Å². The largest absolute Gasteiger partial charge is 0.271 e. The molecule has 0 aliphatic carbocycles. The van der Waals surface area contributed by atoms with Gasteiger partial charge in [-0.05, 0) is 12.0 Å². The van der Waals surface area contributed by atoms with Crippen LogP contribution in [0.25, 0.3) is 0 Å². The van der Waals surface area contributed by atoms with Crippen molar-refractivity contribution in [2.75, 3.05) is 12.0 Å². The molecule has 0 saturated heterocycles. The molecule has 0 aliphatic rings. The minimum atomic E-state index is -3.00. The molecule has 15 heavy (non-hydrogen) atoms. The smallest absolute Gasteiger partial charge is 0.149 e. The molecular formula is C10H16N2O2S. The van der Waals surface area contributed by atoms with E-state index in [1.165, 1.54) is 6.26 Å². The summed E-state index contributed by atoms with van der Waals surface area (Å²) in [6.45, 7) is 0. The van der Waals surface area contributed by atoms with Crippen molar-refractivity contribution in [1.29, 1.82) is 0 Å². The molecule has 1 rings (SSSR count). The van der Waals surface area contributed by atoms with Gasteiger partial charge >= 0.3 is 0 Å². The first-order chi connectivity index (χ1) is 7.01. The number of hydrazine groups is 1. The zero-order chi connectivity index (χ0) is 11.3. The number of hydrogen-bond acceptors (Lipinski definition) is 4. The lowest BCUT2D eigenvalue weighted by atomic mass is 10.1. The Morgan fingerprint density at radius 1 is 1.33 bits per heavy atom. The third-order valence-electron chi connectivity index (χ3n) is 2.06. The summed E-state index contributed by atoms with van der Waals surface area (Å²) in [4.78, 5) is 0. The second-order valence-electron chi connectivity index (χ2n) is 3.65. The summed E-state index contributed by atoms with van der Waals surface area (Å²) in [6.07, 6.45) is 1.83. The van der Waals surface area contributed by atoms with Crippen LogP contribution in [0.3, 0.4) is 0 Å². The van der Waals surface area contributed by atoms with Crippen molar-refractivity contribution in [2.24, 2.45) is 5.84 Å². The molecule has 4 nitrogen and oxygen atoms in total. The summed E-state index contributed by atoms with van der Waals surface area (Å²) in [7, 11) is -3.00. The standard InChI is InChI=1S/C10H16N2O2S/c1-15(13,14)8-10(12-11)7-9-5-3-2-4-6-9/h2-6,10,12H,7-8,11H2,1H3. The van der Waals surface area contributed by atoms with Crippen molar-refractivity contribution >= 4 is 9.84 Å². The molecule has 1 aromatic rings. The second-order valence-corrected chi connectivity index (χ2v) is 5.83. The zero-order valence-corrected chi connectivity index (χ0v) is 9.50. The van der Waals surface area contributed by atoms with Crippen molar-refractivity contribution < 1.29 is 8.42 Å². The lowest BCUT2D eigenvalue weighted by Crippen LogP contribution is -2.41. The Hall–Kier alpha value is -0.910. The third-order valence-corrected chi connectivity index (χ3v) is 3.07. The molecule has 5 heteroatoms. The average Bonchev–Trinajstić information content (AvgIpc) is 2.16. The van der Waals surface area contributed by atoms with Gasteiger partial charge in [0.05, 0.1) is 5.75 Å². The summed E-state index contributed by atoms with van der Waals surface area (Å²) in [5, 5.41) is 0. The first-order valence-corrected chi connectivity index (χ1v) is 6.75. The van der Waals surface area contributed by atoms with Gasteiger partial charge in [-0.15, -0.1) is 0 Å². The van der Waals surface area contributed by atoms with Gasteiger partial charge < -0.3 is 0 Å². The fourth-order valence-corrected chi connectivity index (χ4v) is 2.38. The maximum absolute atomic E-state index is 11.1. The van der Waals surface area contributed by atoms with Gasteiger partial charge in [0.1, 0.15) is 9.84 Å². The molecule has 0 heterocycles. The molecule has 0 bridgehead atoms. The van der Waals surface area contributed by atoms with E-state index in [2.05, 4.69) is 5.43 Å². The van der Waals surface area contributed by atoms with Gasteiger partial charge in [-0.3, -0.25) is 11.3 Å². The van der Waals surface area contributed by atoms with Crippen LogP contribution in [0.4, 0.5) is 0 Å². The highest BCUT2D eigenvalue weighted by atomic mass is 32.2. The van der Waals surface area contributed by atoms with Crippen LogP contribution in [0.2, 0.25) is 0 Å². The summed E-state index contributed by atoms with van der Waals surface area (Å²) >= 11 is 0. The predicted molar refractivity (Wildman–Crippen MR) is 61.0 cm³/mol. The molecule has 0 aromatic heterocycles. The van der Waals surface area contributed by atoms with E-state index < -0.39 is 9.84 Å². The fraction of sp³-hybridized carbons (Fsp3) is 0.400. The van der Waals surface area contributed by atoms with Gasteiger partial charge in [-0.25, -0.2) is 8.42 Å². The Balaban J connectivity index is 2.63. The van der Waals surface area contributed by atoms with Crippen LogP contribution in [0.5, 0.6) is 0 Å². The van der Waals surface area contributed by atoms with Crippen LogP contribution in [-0.2, 0) is 16.3 Å². The summed E-state index contributed by atoms with van der Waals surface area (Å²) < 4.78 is 22.2. The van der Waals surface area contributed by atoms with Crippen LogP contribution < -0.4 is 11.3 Å². The van der Waals surface area contributed by atoms with Gasteiger partial charge in [0, 0.05) is 12.3 Å². The maximum Gasteiger partial charge on any atom is 0.149 e. The van der Waals surface area contributed by atoms with E-state index in [-0.39, 0.29) is 11.8 Å². The van der Waals surface area contributed by atoms with Gasteiger partial charge in [0.2, 0.25) is 0 Å². The lowest BCUT2D eigenvalue weighted by molar-refractivity contribution is 0.546. The molecule has 1 unspecified atom stereocenters. The van der Waals surface area contributed by atoms with Crippen molar-refractivity contribution in [2.45, 2.75) is 12.5 Å². The topological polar surface area (TPSA) is 72.2 Å². The maximum atomic E-state index is 11.1. The summed E-state index contributed by atoms with van der Waals surface area (Å²) in [5.41, 5.74) is 3.60. The van der Waals surface area contributed by atoms with E-state index >= 15 is 0 Å². The van der Waals surface area contributed by atoms with E-state index in [1.807, 2.05) is 30.3 Å². The molecular weight excluding hydrogens is 212 g/mol. The van der Waals surface area contributed by atoms with Crippen molar-refractivity contribution in [3.63, 3.8) is 0 Å². The number of hydrogen-bond donors (Lipinski definition) is 2. The molecule has 0 fully saturated rings. The molecule has 84 valence electrons. The van der Waals surface area contributed by atoms with Crippen LogP contribution in [0.15, 0.2) is 30.3 Å². The Morgan fingerprint density at radius 3 is 2.40 bits per heavy atom. The molecule has 1 atom stereocenters. The molecule has 3 N–H and O–H groups in total. The Morgan fingerprint density at radius 2 is 1.93 bits per heavy atom. The van der Waals surface area contributed by atoms with E-state index in [9.17, 15) is 8.42 Å². The molecule has 0 spiro atoms. The van der Waals surface area contributed by atoms with Crippen molar-refractivity contribution in [1.82, 2.24) is 5.43 Å². The van der Waals surface area contributed by atoms with Gasteiger partial charge in [-0.2, -0.15) is 0 Å². The Bertz CT molecular complexity index is 389. The molecule has 0 amide bonds. The van der Waals surface area contributed by atoms with Crippen molar-refractivity contribution in [3.05, 3.63) is 35.9 Å². The van der Waals surface area contributed by atoms with E-state index in [0.29, 0.717) is 6.42 Å². The predicted octanol–water partition coefficient (Wildman–Crippen LogP) is 0.106. The first kappa shape index (κ1) is 12.2. The molecule has 0 aliphatic heterocycles. The molecule has 1 aromatic carbocycles. The number of rotatable bonds is 5. The van der Waals surface area contributed by atoms with E-state index in [4.69, 9.17) is 5.84 Å². The number of nitrogens with one attached hydrogen (secondary N) is 1. The zero-order valence-electron chi connectivity index (χ0n) is 8.68. The van der Waals surface area contributed by atoms with Crippen LogP contribution >= 0.6 is 0 Å². The van der Waals surface area contributed by atoms with Gasteiger partial charge in [-0.1, -0.05) is 30.3 Å². The van der Waals surface area contributed by atoms with Crippen LogP contribution in [0, 0.1) is 0 Å². The quantitative estimate of drug-likeness (QED) is 0.554. The highest BCUT2D eigenvalue weighted by molar-refractivity contribution is 7.90.